The first kappa shape index (κ1) is 13.9. The minimum absolute atomic E-state index is 0. The molecule has 1 heterocycles. The molecule has 0 saturated heterocycles. The summed E-state index contributed by atoms with van der Waals surface area (Å²) in [5, 5.41) is 1.64. The molecular formula is C10H16ClN3O. The number of carbonyl (C=O) groups is 1. The molecule has 15 heavy (non-hydrogen) atoms. The number of amides is 1. The van der Waals surface area contributed by atoms with Crippen LogP contribution in [0.15, 0.2) is 24.4 Å². The third-order valence-corrected chi connectivity index (χ3v) is 1.68. The first-order valence-electron chi connectivity index (χ1n) is 4.55. The quantitative estimate of drug-likeness (QED) is 0.785. The van der Waals surface area contributed by atoms with E-state index in [1.165, 1.54) is 0 Å². The van der Waals surface area contributed by atoms with E-state index in [0.29, 0.717) is 12.8 Å². The molecule has 0 unspecified atom stereocenters. The minimum Gasteiger partial charge on any atom is -0.289 e. The van der Waals surface area contributed by atoms with Crippen molar-refractivity contribution in [3.05, 3.63) is 30.1 Å². The van der Waals surface area contributed by atoms with E-state index < -0.39 is 0 Å². The summed E-state index contributed by atoms with van der Waals surface area (Å²) >= 11 is 0. The molecule has 0 spiro atoms. The molecule has 1 rings (SSSR count). The Kier molecular flexibility index (Phi) is 6.66. The largest absolute Gasteiger partial charge is 0.289 e. The Morgan fingerprint density at radius 3 is 2.73 bits per heavy atom. The van der Waals surface area contributed by atoms with Crippen LogP contribution in [0.2, 0.25) is 0 Å². The Bertz CT molecular complexity index is 290. The van der Waals surface area contributed by atoms with Crippen molar-refractivity contribution in [2.24, 2.45) is 0 Å². The molecule has 0 saturated carbocycles. The molecule has 0 atom stereocenters. The molecule has 4 nitrogen and oxygen atoms in total. The van der Waals surface area contributed by atoms with Gasteiger partial charge in [0.15, 0.2) is 0 Å². The highest BCUT2D eigenvalue weighted by atomic mass is 35.5. The monoisotopic (exact) mass is 229 g/mol. The van der Waals surface area contributed by atoms with Crippen LogP contribution in [0, 0.1) is 0 Å². The fraction of sp³-hybridized carbons (Fsp3) is 0.400. The lowest BCUT2D eigenvalue weighted by Crippen LogP contribution is -2.36. The molecule has 0 aliphatic carbocycles. The topological polar surface area (TPSA) is 45.2 Å². The Morgan fingerprint density at radius 2 is 2.20 bits per heavy atom. The van der Waals surface area contributed by atoms with Crippen molar-refractivity contribution in [1.29, 1.82) is 0 Å². The number of rotatable bonds is 4. The van der Waals surface area contributed by atoms with Crippen molar-refractivity contribution >= 4 is 18.3 Å². The zero-order valence-corrected chi connectivity index (χ0v) is 9.75. The molecule has 0 aliphatic heterocycles. The molecule has 0 bridgehead atoms. The number of hydrogen-bond acceptors (Lipinski definition) is 3. The number of pyridine rings is 1. The second-order valence-electron chi connectivity index (χ2n) is 3.25. The molecule has 1 amide bonds. The summed E-state index contributed by atoms with van der Waals surface area (Å²) in [5.41, 5.74) is 3.63. The third-order valence-electron chi connectivity index (χ3n) is 1.68. The number of aromatic nitrogens is 1. The van der Waals surface area contributed by atoms with Gasteiger partial charge in [-0.25, -0.2) is 5.01 Å². The van der Waals surface area contributed by atoms with Gasteiger partial charge in [-0.2, -0.15) is 0 Å². The van der Waals surface area contributed by atoms with Crippen molar-refractivity contribution in [2.75, 3.05) is 14.1 Å². The van der Waals surface area contributed by atoms with Gasteiger partial charge in [-0.1, -0.05) is 6.07 Å². The molecule has 5 heteroatoms. The van der Waals surface area contributed by atoms with E-state index in [1.54, 1.807) is 25.3 Å². The zero-order valence-electron chi connectivity index (χ0n) is 8.93. The summed E-state index contributed by atoms with van der Waals surface area (Å²) in [4.78, 5) is 15.4. The molecule has 1 N–H and O–H groups in total. The van der Waals surface area contributed by atoms with Gasteiger partial charge in [0.05, 0.1) is 0 Å². The van der Waals surface area contributed by atoms with E-state index in [4.69, 9.17) is 0 Å². The Balaban J connectivity index is 0.00000196. The van der Waals surface area contributed by atoms with Crippen LogP contribution in [0.5, 0.6) is 0 Å². The van der Waals surface area contributed by atoms with Crippen molar-refractivity contribution in [1.82, 2.24) is 15.4 Å². The molecule has 0 radical (unpaired) electrons. The first-order chi connectivity index (χ1) is 6.68. The predicted molar refractivity (Wildman–Crippen MR) is 61.6 cm³/mol. The van der Waals surface area contributed by atoms with Crippen LogP contribution in [0.25, 0.3) is 0 Å². The van der Waals surface area contributed by atoms with Crippen molar-refractivity contribution in [3.63, 3.8) is 0 Å². The highest BCUT2D eigenvalue weighted by Gasteiger charge is 2.02. The Labute approximate surface area is 96.1 Å². The van der Waals surface area contributed by atoms with Gasteiger partial charge in [-0.05, 0) is 18.6 Å². The fourth-order valence-corrected chi connectivity index (χ4v) is 1.09. The van der Waals surface area contributed by atoms with Crippen LogP contribution >= 0.6 is 12.4 Å². The van der Waals surface area contributed by atoms with E-state index in [9.17, 15) is 4.79 Å². The average Bonchev–Trinajstić information content (AvgIpc) is 2.15. The third kappa shape index (κ3) is 6.04. The summed E-state index contributed by atoms with van der Waals surface area (Å²) in [6.45, 7) is 0. The predicted octanol–water partition coefficient (Wildman–Crippen LogP) is 1.03. The van der Waals surface area contributed by atoms with Crippen LogP contribution in [-0.2, 0) is 11.2 Å². The number of nitrogens with zero attached hydrogens (tertiary/aromatic N) is 2. The van der Waals surface area contributed by atoms with Crippen LogP contribution in [0.4, 0.5) is 0 Å². The van der Waals surface area contributed by atoms with Gasteiger partial charge < -0.3 is 0 Å². The van der Waals surface area contributed by atoms with Gasteiger partial charge in [0.1, 0.15) is 0 Å². The maximum atomic E-state index is 11.2. The Hall–Kier alpha value is -1.13. The van der Waals surface area contributed by atoms with Gasteiger partial charge in [-0.15, -0.1) is 12.4 Å². The summed E-state index contributed by atoms with van der Waals surface area (Å²) < 4.78 is 0. The maximum absolute atomic E-state index is 11.2. The summed E-state index contributed by atoms with van der Waals surface area (Å²) in [6.07, 6.45) is 2.88. The van der Waals surface area contributed by atoms with E-state index in [0.717, 1.165) is 5.69 Å². The van der Waals surface area contributed by atoms with Crippen LogP contribution in [0.1, 0.15) is 12.1 Å². The molecule has 84 valence electrons. The summed E-state index contributed by atoms with van der Waals surface area (Å²) in [6, 6.07) is 5.71. The molecule has 0 aliphatic rings. The SMILES string of the molecule is CN(C)NC(=O)CCc1ccccn1.Cl. The number of hydrogen-bond donors (Lipinski definition) is 1. The smallest absolute Gasteiger partial charge is 0.234 e. The number of halogens is 1. The van der Waals surface area contributed by atoms with E-state index in [2.05, 4.69) is 10.4 Å². The van der Waals surface area contributed by atoms with Crippen LogP contribution < -0.4 is 5.43 Å². The average molecular weight is 230 g/mol. The molecule has 1 aromatic heterocycles. The van der Waals surface area contributed by atoms with Crippen molar-refractivity contribution < 1.29 is 4.79 Å². The lowest BCUT2D eigenvalue weighted by molar-refractivity contribution is -0.124. The number of carbonyl (C=O) groups excluding carboxylic acids is 1. The Morgan fingerprint density at radius 1 is 1.47 bits per heavy atom. The first-order valence-corrected chi connectivity index (χ1v) is 4.55. The lowest BCUT2D eigenvalue weighted by atomic mass is 10.2. The van der Waals surface area contributed by atoms with Crippen LogP contribution in [0.3, 0.4) is 0 Å². The summed E-state index contributed by atoms with van der Waals surface area (Å²) in [7, 11) is 3.58. The number of aryl methyl sites for hydroxylation is 1. The van der Waals surface area contributed by atoms with E-state index in [-0.39, 0.29) is 18.3 Å². The van der Waals surface area contributed by atoms with Gasteiger partial charge in [0.2, 0.25) is 5.91 Å². The second kappa shape index (κ2) is 7.20. The van der Waals surface area contributed by atoms with Crippen molar-refractivity contribution in [2.45, 2.75) is 12.8 Å². The molecule has 1 aromatic rings. The molecule has 0 aromatic carbocycles. The van der Waals surface area contributed by atoms with E-state index in [1.807, 2.05) is 18.2 Å². The fourth-order valence-electron chi connectivity index (χ4n) is 1.09. The lowest BCUT2D eigenvalue weighted by Gasteiger charge is -2.11. The van der Waals surface area contributed by atoms with Crippen LogP contribution in [-0.4, -0.2) is 30.0 Å². The maximum Gasteiger partial charge on any atom is 0.234 e. The zero-order chi connectivity index (χ0) is 10.4. The second-order valence-corrected chi connectivity index (χ2v) is 3.25. The van der Waals surface area contributed by atoms with Gasteiger partial charge >= 0.3 is 0 Å². The molecular weight excluding hydrogens is 214 g/mol. The van der Waals surface area contributed by atoms with Gasteiger partial charge in [0, 0.05) is 32.4 Å². The van der Waals surface area contributed by atoms with E-state index >= 15 is 0 Å². The van der Waals surface area contributed by atoms with Gasteiger partial charge in [0.25, 0.3) is 0 Å². The minimum atomic E-state index is 0. The van der Waals surface area contributed by atoms with Crippen molar-refractivity contribution in [3.8, 4) is 0 Å². The standard InChI is InChI=1S/C10H15N3O.ClH/c1-13(2)12-10(14)7-6-9-5-3-4-8-11-9;/h3-5,8H,6-7H2,1-2H3,(H,12,14);1H. The van der Waals surface area contributed by atoms with Gasteiger partial charge in [-0.3, -0.25) is 15.2 Å². The highest BCUT2D eigenvalue weighted by Crippen LogP contribution is 1.97. The normalized spacial score (nSPS) is 9.53. The molecule has 0 fully saturated rings. The highest BCUT2D eigenvalue weighted by molar-refractivity contribution is 5.85. The number of nitrogens with one attached hydrogen (secondary N) is 1. The number of hydrazine groups is 1. The summed E-state index contributed by atoms with van der Waals surface area (Å²) in [5.74, 6) is 0.0145.